The van der Waals surface area contributed by atoms with E-state index in [1.807, 2.05) is 57.2 Å². The zero-order valence-corrected chi connectivity index (χ0v) is 26.4. The summed E-state index contributed by atoms with van der Waals surface area (Å²) < 4.78 is 12.2. The van der Waals surface area contributed by atoms with E-state index in [1.54, 1.807) is 23.1 Å². The maximum atomic E-state index is 13.6. The van der Waals surface area contributed by atoms with Crippen molar-refractivity contribution in [3.8, 4) is 5.75 Å². The topological polar surface area (TPSA) is 88.5 Å². The Labute approximate surface area is 254 Å². The number of aromatic carboxylic acids is 1. The molecule has 0 saturated carbocycles. The Kier molecular flexibility index (Phi) is 8.22. The highest BCUT2D eigenvalue weighted by Crippen LogP contribution is 2.47. The third-order valence-corrected chi connectivity index (χ3v) is 8.40. The SMILES string of the molecule is CC(C)(C)OC(=O)N1CC(CON2C(C)(C)CCCC2(C)C)c2c1cc(OCc1ccccc1)c1ccc(C(=O)O)cc21. The number of anilines is 1. The van der Waals surface area contributed by atoms with Crippen LogP contribution in [0.2, 0.25) is 0 Å². The lowest BCUT2D eigenvalue weighted by Crippen LogP contribution is -2.58. The summed E-state index contributed by atoms with van der Waals surface area (Å²) in [5.74, 6) is -0.661. The summed E-state index contributed by atoms with van der Waals surface area (Å²) in [6.45, 7) is 15.3. The molecule has 0 aliphatic carbocycles. The molecule has 2 aliphatic heterocycles. The van der Waals surface area contributed by atoms with Gasteiger partial charge in [-0.15, -0.1) is 0 Å². The molecule has 3 aromatic rings. The average molecular weight is 589 g/mol. The molecule has 1 saturated heterocycles. The smallest absolute Gasteiger partial charge is 0.414 e. The number of hydroxylamine groups is 2. The highest BCUT2D eigenvalue weighted by atomic mass is 16.7. The third-order valence-electron chi connectivity index (χ3n) is 8.40. The Morgan fingerprint density at radius 3 is 2.26 bits per heavy atom. The van der Waals surface area contributed by atoms with Crippen LogP contribution in [0.25, 0.3) is 10.8 Å². The van der Waals surface area contributed by atoms with Gasteiger partial charge in [-0.25, -0.2) is 9.59 Å². The number of carboxylic acids is 1. The molecule has 5 rings (SSSR count). The largest absolute Gasteiger partial charge is 0.488 e. The number of fused-ring (bicyclic) bond motifs is 3. The van der Waals surface area contributed by atoms with Gasteiger partial charge in [-0.05, 0) is 102 Å². The number of piperidine rings is 1. The van der Waals surface area contributed by atoms with E-state index in [4.69, 9.17) is 14.3 Å². The number of benzene rings is 3. The molecule has 230 valence electrons. The predicted octanol–water partition coefficient (Wildman–Crippen LogP) is 7.93. The molecule has 1 N–H and O–H groups in total. The van der Waals surface area contributed by atoms with E-state index in [-0.39, 0.29) is 22.6 Å². The summed E-state index contributed by atoms with van der Waals surface area (Å²) in [7, 11) is 0. The van der Waals surface area contributed by atoms with Crippen molar-refractivity contribution in [1.29, 1.82) is 0 Å². The van der Waals surface area contributed by atoms with Crippen molar-refractivity contribution < 1.29 is 29.0 Å². The molecule has 1 unspecified atom stereocenters. The van der Waals surface area contributed by atoms with Crippen LogP contribution in [0.4, 0.5) is 10.5 Å². The van der Waals surface area contributed by atoms with Crippen LogP contribution >= 0.6 is 0 Å². The van der Waals surface area contributed by atoms with E-state index in [9.17, 15) is 14.7 Å². The minimum Gasteiger partial charge on any atom is -0.488 e. The second-order valence-electron chi connectivity index (χ2n) is 14.0. The summed E-state index contributed by atoms with van der Waals surface area (Å²) in [5, 5.41) is 13.5. The van der Waals surface area contributed by atoms with Crippen molar-refractivity contribution in [3.63, 3.8) is 0 Å². The second-order valence-corrected chi connectivity index (χ2v) is 14.0. The number of carbonyl (C=O) groups excluding carboxylic acids is 1. The number of amides is 1. The van der Waals surface area contributed by atoms with Gasteiger partial charge in [0, 0.05) is 35.0 Å². The van der Waals surface area contributed by atoms with E-state index in [0.717, 1.165) is 41.2 Å². The zero-order chi connectivity index (χ0) is 31.2. The molecule has 1 amide bonds. The quantitative estimate of drug-likeness (QED) is 0.300. The number of hydrogen-bond donors (Lipinski definition) is 1. The van der Waals surface area contributed by atoms with Crippen LogP contribution in [0, 0.1) is 0 Å². The van der Waals surface area contributed by atoms with Gasteiger partial charge in [0.05, 0.1) is 17.9 Å². The Balaban J connectivity index is 1.60. The van der Waals surface area contributed by atoms with Crippen LogP contribution in [-0.2, 0) is 16.2 Å². The lowest BCUT2D eigenvalue weighted by Gasteiger charge is -2.51. The van der Waals surface area contributed by atoms with E-state index in [0.29, 0.717) is 31.2 Å². The molecule has 8 heteroatoms. The van der Waals surface area contributed by atoms with Gasteiger partial charge in [-0.2, -0.15) is 5.06 Å². The van der Waals surface area contributed by atoms with Crippen molar-refractivity contribution in [2.45, 2.75) is 96.9 Å². The fraction of sp³-hybridized carbons (Fsp3) is 0.486. The lowest BCUT2D eigenvalue weighted by atomic mass is 9.82. The summed E-state index contributed by atoms with van der Waals surface area (Å²) in [6, 6.07) is 16.8. The van der Waals surface area contributed by atoms with E-state index >= 15 is 0 Å². The lowest BCUT2D eigenvalue weighted by molar-refractivity contribution is -0.282. The van der Waals surface area contributed by atoms with Gasteiger partial charge < -0.3 is 14.6 Å². The molecule has 1 atom stereocenters. The minimum atomic E-state index is -1.02. The number of carboxylic acid groups (broad SMARTS) is 1. The van der Waals surface area contributed by atoms with E-state index in [2.05, 4.69) is 32.8 Å². The highest BCUT2D eigenvalue weighted by Gasteiger charge is 2.44. The molecule has 0 radical (unpaired) electrons. The monoisotopic (exact) mass is 588 g/mol. The first-order chi connectivity index (χ1) is 20.2. The Hall–Kier alpha value is -3.62. The van der Waals surface area contributed by atoms with Crippen LogP contribution < -0.4 is 9.64 Å². The first-order valence-electron chi connectivity index (χ1n) is 15.1. The molecule has 2 heterocycles. The summed E-state index contributed by atoms with van der Waals surface area (Å²) in [5.41, 5.74) is 1.70. The van der Waals surface area contributed by atoms with Gasteiger partial charge >= 0.3 is 12.1 Å². The van der Waals surface area contributed by atoms with E-state index in [1.165, 1.54) is 0 Å². The number of hydrogen-bond acceptors (Lipinski definition) is 6. The van der Waals surface area contributed by atoms with Gasteiger partial charge in [0.1, 0.15) is 18.0 Å². The first-order valence-corrected chi connectivity index (χ1v) is 15.1. The Morgan fingerprint density at radius 1 is 0.953 bits per heavy atom. The van der Waals surface area contributed by atoms with Gasteiger partial charge in [0.2, 0.25) is 0 Å². The molecule has 0 bridgehead atoms. The summed E-state index contributed by atoms with van der Waals surface area (Å²) >= 11 is 0. The van der Waals surface area contributed by atoms with Crippen molar-refractivity contribution in [3.05, 3.63) is 71.3 Å². The molecule has 43 heavy (non-hydrogen) atoms. The van der Waals surface area contributed by atoms with Gasteiger partial charge in [0.25, 0.3) is 0 Å². The maximum absolute atomic E-state index is 13.6. The van der Waals surface area contributed by atoms with E-state index < -0.39 is 17.7 Å². The first kappa shape index (κ1) is 30.8. The van der Waals surface area contributed by atoms with Crippen molar-refractivity contribution >= 4 is 28.5 Å². The number of nitrogens with zero attached hydrogens (tertiary/aromatic N) is 2. The second kappa shape index (κ2) is 11.5. The summed E-state index contributed by atoms with van der Waals surface area (Å²) in [4.78, 5) is 34.0. The molecule has 8 nitrogen and oxygen atoms in total. The fourth-order valence-electron chi connectivity index (χ4n) is 6.57. The molecule has 3 aromatic carbocycles. The van der Waals surface area contributed by atoms with Gasteiger partial charge in [-0.1, -0.05) is 30.3 Å². The van der Waals surface area contributed by atoms with Crippen molar-refractivity contribution in [2.24, 2.45) is 0 Å². The van der Waals surface area contributed by atoms with Crippen LogP contribution in [-0.4, -0.2) is 52.1 Å². The van der Waals surface area contributed by atoms with Gasteiger partial charge in [-0.3, -0.25) is 9.74 Å². The van der Waals surface area contributed by atoms with Crippen molar-refractivity contribution in [1.82, 2.24) is 5.06 Å². The van der Waals surface area contributed by atoms with Crippen LogP contribution in [0.3, 0.4) is 0 Å². The van der Waals surface area contributed by atoms with Crippen molar-refractivity contribution in [2.75, 3.05) is 18.1 Å². The third kappa shape index (κ3) is 6.50. The standard InChI is InChI=1S/C35H44N2O6/c1-33(2,3)43-32(40)36-20-25(22-42-37-34(4,5)16-11-17-35(37,6)7)30-27-18-24(31(38)39)14-15-26(27)29(19-28(30)36)41-21-23-12-9-8-10-13-23/h8-10,12-15,18-19,25H,11,16-17,20-22H2,1-7H3,(H,38,39). The molecule has 0 aromatic heterocycles. The molecule has 1 fully saturated rings. The van der Waals surface area contributed by atoms with Crippen LogP contribution in [0.1, 0.15) is 95.1 Å². The Bertz CT molecular complexity index is 1490. The molecule has 2 aliphatic rings. The maximum Gasteiger partial charge on any atom is 0.414 e. The molecule has 0 spiro atoms. The number of ether oxygens (including phenoxy) is 2. The van der Waals surface area contributed by atoms with Crippen LogP contribution in [0.15, 0.2) is 54.6 Å². The van der Waals surface area contributed by atoms with Crippen LogP contribution in [0.5, 0.6) is 5.75 Å². The normalized spacial score (nSPS) is 19.7. The number of rotatable bonds is 7. The molecular formula is C35H44N2O6. The zero-order valence-electron chi connectivity index (χ0n) is 26.4. The minimum absolute atomic E-state index is 0.151. The van der Waals surface area contributed by atoms with Gasteiger partial charge in [0.15, 0.2) is 0 Å². The molecular weight excluding hydrogens is 544 g/mol. The summed E-state index contributed by atoms with van der Waals surface area (Å²) in [6.07, 6.45) is 2.72. The highest BCUT2D eigenvalue weighted by molar-refractivity contribution is 6.04. The fourth-order valence-corrected chi connectivity index (χ4v) is 6.57. The predicted molar refractivity (Wildman–Crippen MR) is 168 cm³/mol. The Morgan fingerprint density at radius 2 is 1.63 bits per heavy atom. The average Bonchev–Trinajstić information content (AvgIpc) is 3.28. The number of carbonyl (C=O) groups is 2.